The van der Waals surface area contributed by atoms with Crippen LogP contribution in [0.2, 0.25) is 0 Å². The van der Waals surface area contributed by atoms with E-state index in [9.17, 15) is 18.0 Å². The van der Waals surface area contributed by atoms with Gasteiger partial charge in [0.1, 0.15) is 17.5 Å². The fourth-order valence-corrected chi connectivity index (χ4v) is 3.77. The SMILES string of the molecule is O=C(NCC(c1cccc(F)c1)N1CCOCC1)C1CC(c2cc(F)ccc2F)=NO1. The minimum Gasteiger partial charge on any atom is -0.382 e. The highest BCUT2D eigenvalue weighted by atomic mass is 19.1. The summed E-state index contributed by atoms with van der Waals surface area (Å²) in [6, 6.07) is 9.07. The summed E-state index contributed by atoms with van der Waals surface area (Å²) >= 11 is 0. The lowest BCUT2D eigenvalue weighted by Gasteiger charge is -2.35. The Morgan fingerprint density at radius 2 is 1.90 bits per heavy atom. The maximum Gasteiger partial charge on any atom is 0.264 e. The Morgan fingerprint density at radius 3 is 2.68 bits per heavy atom. The molecule has 6 nitrogen and oxygen atoms in total. The van der Waals surface area contributed by atoms with Gasteiger partial charge in [0.2, 0.25) is 6.10 Å². The van der Waals surface area contributed by atoms with Crippen LogP contribution in [-0.2, 0) is 14.4 Å². The number of nitrogens with zero attached hydrogens (tertiary/aromatic N) is 2. The van der Waals surface area contributed by atoms with E-state index in [4.69, 9.17) is 9.57 Å². The number of hydrogen-bond acceptors (Lipinski definition) is 5. The van der Waals surface area contributed by atoms with Crippen molar-refractivity contribution in [2.45, 2.75) is 18.6 Å². The minimum atomic E-state index is -0.949. The molecule has 4 rings (SSSR count). The third kappa shape index (κ3) is 5.05. The Labute approximate surface area is 177 Å². The molecule has 1 fully saturated rings. The summed E-state index contributed by atoms with van der Waals surface area (Å²) in [6.45, 7) is 2.65. The summed E-state index contributed by atoms with van der Waals surface area (Å²) in [5, 5.41) is 6.60. The van der Waals surface area contributed by atoms with Gasteiger partial charge in [0.05, 0.1) is 25.0 Å². The highest BCUT2D eigenvalue weighted by Gasteiger charge is 2.31. The van der Waals surface area contributed by atoms with Gasteiger partial charge in [-0.15, -0.1) is 0 Å². The van der Waals surface area contributed by atoms with Crippen molar-refractivity contribution in [1.29, 1.82) is 0 Å². The van der Waals surface area contributed by atoms with Gasteiger partial charge in [0.15, 0.2) is 0 Å². The van der Waals surface area contributed by atoms with Crippen molar-refractivity contribution >= 4 is 11.6 Å². The molecule has 0 aromatic heterocycles. The molecule has 1 saturated heterocycles. The van der Waals surface area contributed by atoms with Crippen LogP contribution >= 0.6 is 0 Å². The second-order valence-corrected chi connectivity index (χ2v) is 7.42. The van der Waals surface area contributed by atoms with Crippen molar-refractivity contribution in [3.05, 3.63) is 71.0 Å². The van der Waals surface area contributed by atoms with Gasteiger partial charge in [-0.2, -0.15) is 0 Å². The summed E-state index contributed by atoms with van der Waals surface area (Å²) in [6.07, 6.45) is -0.926. The zero-order valence-corrected chi connectivity index (χ0v) is 16.7. The number of benzene rings is 2. The van der Waals surface area contributed by atoms with E-state index in [2.05, 4.69) is 15.4 Å². The monoisotopic (exact) mass is 433 g/mol. The van der Waals surface area contributed by atoms with Crippen LogP contribution in [-0.4, -0.2) is 55.5 Å². The van der Waals surface area contributed by atoms with Gasteiger partial charge in [-0.1, -0.05) is 17.3 Å². The molecule has 2 aliphatic heterocycles. The van der Waals surface area contributed by atoms with Crippen molar-refractivity contribution in [3.63, 3.8) is 0 Å². The molecule has 2 aromatic rings. The second-order valence-electron chi connectivity index (χ2n) is 7.42. The van der Waals surface area contributed by atoms with Crippen molar-refractivity contribution in [3.8, 4) is 0 Å². The summed E-state index contributed by atoms with van der Waals surface area (Å²) < 4.78 is 46.6. The van der Waals surface area contributed by atoms with Crippen LogP contribution in [0, 0.1) is 17.5 Å². The van der Waals surface area contributed by atoms with E-state index in [1.807, 2.05) is 6.07 Å². The Morgan fingerprint density at radius 1 is 1.13 bits per heavy atom. The van der Waals surface area contributed by atoms with E-state index in [0.29, 0.717) is 26.3 Å². The maximum absolute atomic E-state index is 14.0. The number of halogens is 3. The van der Waals surface area contributed by atoms with E-state index >= 15 is 0 Å². The lowest BCUT2D eigenvalue weighted by atomic mass is 10.0. The fraction of sp³-hybridized carbons (Fsp3) is 0.364. The smallest absolute Gasteiger partial charge is 0.264 e. The largest absolute Gasteiger partial charge is 0.382 e. The normalized spacial score (nSPS) is 20.1. The Bertz CT molecular complexity index is 979. The summed E-state index contributed by atoms with van der Waals surface area (Å²) in [5.74, 6) is -2.01. The molecule has 2 atom stereocenters. The van der Waals surface area contributed by atoms with E-state index < -0.39 is 23.6 Å². The van der Waals surface area contributed by atoms with E-state index in [1.54, 1.807) is 6.07 Å². The lowest BCUT2D eigenvalue weighted by molar-refractivity contribution is -0.131. The van der Waals surface area contributed by atoms with Crippen LogP contribution in [0.1, 0.15) is 23.6 Å². The molecule has 0 radical (unpaired) electrons. The van der Waals surface area contributed by atoms with Crippen LogP contribution in [0.3, 0.4) is 0 Å². The predicted molar refractivity (Wildman–Crippen MR) is 107 cm³/mol. The van der Waals surface area contributed by atoms with Crippen LogP contribution in [0.15, 0.2) is 47.6 Å². The quantitative estimate of drug-likeness (QED) is 0.761. The molecule has 2 unspecified atom stereocenters. The highest BCUT2D eigenvalue weighted by Crippen LogP contribution is 2.23. The number of oxime groups is 1. The molecule has 1 N–H and O–H groups in total. The molecule has 2 aromatic carbocycles. The Hall–Kier alpha value is -2.91. The molecule has 0 spiro atoms. The molecular formula is C22H22F3N3O3. The molecule has 2 heterocycles. The number of carbonyl (C=O) groups is 1. The van der Waals surface area contributed by atoms with Crippen LogP contribution in [0.4, 0.5) is 13.2 Å². The van der Waals surface area contributed by atoms with E-state index in [1.165, 1.54) is 12.1 Å². The third-order valence-corrected chi connectivity index (χ3v) is 5.39. The third-order valence-electron chi connectivity index (χ3n) is 5.39. The zero-order chi connectivity index (χ0) is 21.8. The van der Waals surface area contributed by atoms with Crippen molar-refractivity contribution in [1.82, 2.24) is 10.2 Å². The number of morpholine rings is 1. The molecule has 0 bridgehead atoms. The standard InChI is InChI=1S/C22H22F3N3O3/c23-15-3-1-2-14(10-15)20(28-6-8-30-9-7-28)13-26-22(29)21-12-19(27-31-21)17-11-16(24)4-5-18(17)25/h1-5,10-11,20-21H,6-9,12-13H2,(H,26,29). The van der Waals surface area contributed by atoms with Gasteiger partial charge in [-0.3, -0.25) is 9.69 Å². The lowest BCUT2D eigenvalue weighted by Crippen LogP contribution is -2.45. The van der Waals surface area contributed by atoms with Crippen molar-refractivity contribution < 1.29 is 27.5 Å². The molecule has 0 aliphatic carbocycles. The van der Waals surface area contributed by atoms with Gasteiger partial charge in [0, 0.05) is 31.6 Å². The van der Waals surface area contributed by atoms with Crippen LogP contribution in [0.5, 0.6) is 0 Å². The first-order valence-electron chi connectivity index (χ1n) is 10.0. The van der Waals surface area contributed by atoms with Gasteiger partial charge in [0.25, 0.3) is 5.91 Å². The number of nitrogens with one attached hydrogen (secondary N) is 1. The number of ether oxygens (including phenoxy) is 1. The van der Waals surface area contributed by atoms with Gasteiger partial charge < -0.3 is 14.9 Å². The fourth-order valence-electron chi connectivity index (χ4n) is 3.77. The topological polar surface area (TPSA) is 63.2 Å². The summed E-state index contributed by atoms with van der Waals surface area (Å²) in [4.78, 5) is 20.0. The van der Waals surface area contributed by atoms with Gasteiger partial charge in [-0.05, 0) is 35.9 Å². The van der Waals surface area contributed by atoms with Crippen LogP contribution < -0.4 is 5.32 Å². The molecule has 2 aliphatic rings. The Balaban J connectivity index is 1.41. The first-order chi connectivity index (χ1) is 15.0. The molecule has 31 heavy (non-hydrogen) atoms. The molecule has 164 valence electrons. The van der Waals surface area contributed by atoms with Crippen molar-refractivity contribution in [2.75, 3.05) is 32.8 Å². The first-order valence-corrected chi connectivity index (χ1v) is 10.0. The van der Waals surface area contributed by atoms with Crippen molar-refractivity contribution in [2.24, 2.45) is 5.16 Å². The molecule has 0 saturated carbocycles. The highest BCUT2D eigenvalue weighted by molar-refractivity contribution is 6.04. The van der Waals surface area contributed by atoms with Gasteiger partial charge in [-0.25, -0.2) is 13.2 Å². The van der Waals surface area contributed by atoms with E-state index in [0.717, 1.165) is 23.8 Å². The number of carbonyl (C=O) groups excluding carboxylic acids is 1. The van der Waals surface area contributed by atoms with E-state index in [-0.39, 0.29) is 36.1 Å². The average molecular weight is 433 g/mol. The first kappa shape index (κ1) is 21.3. The zero-order valence-electron chi connectivity index (χ0n) is 16.7. The summed E-state index contributed by atoms with van der Waals surface area (Å²) in [7, 11) is 0. The predicted octanol–water partition coefficient (Wildman–Crippen LogP) is 2.79. The number of rotatable bonds is 6. The minimum absolute atomic E-state index is 0.0222. The molecule has 9 heteroatoms. The number of amides is 1. The van der Waals surface area contributed by atoms with Crippen LogP contribution in [0.25, 0.3) is 0 Å². The van der Waals surface area contributed by atoms with Gasteiger partial charge >= 0.3 is 0 Å². The number of hydrogen-bond donors (Lipinski definition) is 1. The Kier molecular flexibility index (Phi) is 6.53. The maximum atomic E-state index is 14.0. The average Bonchev–Trinajstić information content (AvgIpc) is 3.26. The molecule has 1 amide bonds. The summed E-state index contributed by atoms with van der Waals surface area (Å²) in [5.41, 5.74) is 0.890. The molecular weight excluding hydrogens is 411 g/mol. The second kappa shape index (κ2) is 9.49.